The number of carbonyl (C=O) groups excluding carboxylic acids is 3. The second kappa shape index (κ2) is 10.6. The maximum absolute atomic E-state index is 13.8. The minimum atomic E-state index is -3.89. The van der Waals surface area contributed by atoms with E-state index in [1.807, 2.05) is 42.5 Å². The number of nitrogens with one attached hydrogen (secondary N) is 3. The van der Waals surface area contributed by atoms with E-state index in [4.69, 9.17) is 0 Å². The van der Waals surface area contributed by atoms with Crippen molar-refractivity contribution in [3.63, 3.8) is 0 Å². The summed E-state index contributed by atoms with van der Waals surface area (Å²) in [4.78, 5) is 42.2. The van der Waals surface area contributed by atoms with Crippen molar-refractivity contribution in [2.24, 2.45) is 5.92 Å². The van der Waals surface area contributed by atoms with Crippen LogP contribution in [-0.4, -0.2) is 71.2 Å². The number of fused-ring (bicyclic) bond motifs is 2. The first kappa shape index (κ1) is 27.6. The molecule has 4 aliphatic rings. The molecule has 1 unspecified atom stereocenters. The van der Waals surface area contributed by atoms with Crippen molar-refractivity contribution in [3.8, 4) is 0 Å². The first-order valence-electron chi connectivity index (χ1n) is 13.9. The summed E-state index contributed by atoms with van der Waals surface area (Å²) in [5, 5.41) is 16.6. The lowest BCUT2D eigenvalue weighted by Crippen LogP contribution is -2.58. The van der Waals surface area contributed by atoms with Crippen molar-refractivity contribution in [1.82, 2.24) is 14.9 Å². The molecule has 4 N–H and O–H groups in total. The van der Waals surface area contributed by atoms with E-state index in [-0.39, 0.29) is 31.2 Å². The number of para-hydroxylation sites is 1. The maximum atomic E-state index is 13.8. The number of rotatable bonds is 5. The average Bonchev–Trinajstić information content (AvgIpc) is 3.78. The molecule has 10 nitrogen and oxygen atoms in total. The van der Waals surface area contributed by atoms with E-state index in [2.05, 4.69) is 15.4 Å². The number of nitrogens with zero attached hydrogens (tertiary/aromatic N) is 1. The van der Waals surface area contributed by atoms with Gasteiger partial charge in [-0.25, -0.2) is 8.42 Å². The summed E-state index contributed by atoms with van der Waals surface area (Å²) < 4.78 is 26.9. The fourth-order valence-electron chi connectivity index (χ4n) is 5.61. The van der Waals surface area contributed by atoms with Gasteiger partial charge >= 0.3 is 0 Å². The van der Waals surface area contributed by atoms with Crippen LogP contribution in [0.3, 0.4) is 0 Å². The largest absolute Gasteiger partial charge is 0.391 e. The van der Waals surface area contributed by atoms with Gasteiger partial charge in [0.15, 0.2) is 0 Å². The number of benzene rings is 1. The van der Waals surface area contributed by atoms with E-state index in [0.717, 1.165) is 31.4 Å². The van der Waals surface area contributed by atoms with Gasteiger partial charge in [0, 0.05) is 24.6 Å². The first-order chi connectivity index (χ1) is 18.5. The second-order valence-electron chi connectivity index (χ2n) is 11.7. The van der Waals surface area contributed by atoms with Crippen LogP contribution in [0.15, 0.2) is 42.5 Å². The molecule has 0 aromatic heterocycles. The highest BCUT2D eigenvalue weighted by Gasteiger charge is 2.63. The van der Waals surface area contributed by atoms with Crippen molar-refractivity contribution >= 4 is 33.4 Å². The van der Waals surface area contributed by atoms with E-state index in [1.54, 1.807) is 6.92 Å². The fourth-order valence-corrected chi connectivity index (χ4v) is 6.93. The van der Waals surface area contributed by atoms with Crippen LogP contribution in [-0.2, 0) is 24.4 Å². The van der Waals surface area contributed by atoms with Crippen molar-refractivity contribution in [2.45, 2.75) is 93.2 Å². The normalized spacial score (nSPS) is 33.4. The topological polar surface area (TPSA) is 145 Å². The van der Waals surface area contributed by atoms with E-state index < -0.39 is 50.3 Å². The van der Waals surface area contributed by atoms with Crippen LogP contribution in [0.5, 0.6) is 0 Å². The highest BCUT2D eigenvalue weighted by molar-refractivity contribution is 7.91. The zero-order chi connectivity index (χ0) is 27.8. The standard InChI is InChI=1S/C28H38N4O6S/c1-27(14-15-27)39(37,38)31-26(36)28-17-19(28)10-6-3-2-4-9-13-22(29-20-11-7-5-8-12-20)25(35)32-18-21(33)16-23(32)24(34)30-28/h5-8,10-12,19,21-23,29,33H,2-4,9,13-18H2,1H3,(H,30,34)(H,31,36)/b10-6-/t19?,21-,22+,23+,28-/m1/s1. The van der Waals surface area contributed by atoms with E-state index >= 15 is 0 Å². The Morgan fingerprint density at radius 2 is 1.87 bits per heavy atom. The molecule has 2 heterocycles. The summed E-state index contributed by atoms with van der Waals surface area (Å²) >= 11 is 0. The van der Waals surface area contributed by atoms with Gasteiger partial charge in [-0.3, -0.25) is 19.1 Å². The smallest absolute Gasteiger partial charge is 0.259 e. The predicted octanol–water partition coefficient (Wildman–Crippen LogP) is 1.82. The summed E-state index contributed by atoms with van der Waals surface area (Å²) in [6.45, 7) is 1.61. The molecular weight excluding hydrogens is 520 g/mol. The van der Waals surface area contributed by atoms with Gasteiger partial charge in [-0.15, -0.1) is 0 Å². The lowest BCUT2D eigenvalue weighted by Gasteiger charge is -2.30. The molecule has 5 rings (SSSR count). The van der Waals surface area contributed by atoms with Gasteiger partial charge in [-0.05, 0) is 57.6 Å². The minimum Gasteiger partial charge on any atom is -0.391 e. The number of hydrogen-bond donors (Lipinski definition) is 4. The SMILES string of the molecule is CC1(S(=O)(=O)NC(=O)[C@@]23CC2/C=C\CCCCC[C@H](Nc2ccccc2)C(=O)N2C[C@H](O)C[C@H]2C(=O)N3)CC1. The van der Waals surface area contributed by atoms with Gasteiger partial charge in [0.25, 0.3) is 5.91 Å². The monoisotopic (exact) mass is 558 g/mol. The molecule has 0 radical (unpaired) electrons. The Hall–Kier alpha value is -2.92. The molecule has 212 valence electrons. The van der Waals surface area contributed by atoms with Gasteiger partial charge in [0.05, 0.1) is 10.9 Å². The third-order valence-corrected chi connectivity index (χ3v) is 10.8. The third-order valence-electron chi connectivity index (χ3n) is 8.61. The molecule has 2 saturated carbocycles. The van der Waals surface area contributed by atoms with Crippen LogP contribution in [0, 0.1) is 5.92 Å². The minimum absolute atomic E-state index is 0.0130. The van der Waals surface area contributed by atoms with Crippen LogP contribution in [0.2, 0.25) is 0 Å². The van der Waals surface area contributed by atoms with Crippen molar-refractivity contribution in [3.05, 3.63) is 42.5 Å². The Labute approximate surface area is 229 Å². The third kappa shape index (κ3) is 5.70. The van der Waals surface area contributed by atoms with E-state index in [0.29, 0.717) is 19.3 Å². The highest BCUT2D eigenvalue weighted by atomic mass is 32.2. The van der Waals surface area contributed by atoms with Crippen LogP contribution in [0.25, 0.3) is 0 Å². The Kier molecular flexibility index (Phi) is 7.49. The second-order valence-corrected chi connectivity index (χ2v) is 13.9. The van der Waals surface area contributed by atoms with Gasteiger partial charge in [0.2, 0.25) is 21.8 Å². The predicted molar refractivity (Wildman–Crippen MR) is 146 cm³/mol. The average molecular weight is 559 g/mol. The summed E-state index contributed by atoms with van der Waals surface area (Å²) in [6, 6.07) is 7.85. The molecule has 3 amide bonds. The summed E-state index contributed by atoms with van der Waals surface area (Å²) in [7, 11) is -3.89. The molecule has 2 aliphatic carbocycles. The molecule has 1 saturated heterocycles. The number of aliphatic hydroxyl groups is 1. The molecule has 1 aromatic rings. The van der Waals surface area contributed by atoms with Crippen LogP contribution in [0.1, 0.15) is 64.7 Å². The lowest BCUT2D eigenvalue weighted by molar-refractivity contribution is -0.140. The van der Waals surface area contributed by atoms with Gasteiger partial charge in [0.1, 0.15) is 17.6 Å². The zero-order valence-corrected chi connectivity index (χ0v) is 23.1. The molecule has 2 aliphatic heterocycles. The number of hydrogen-bond acceptors (Lipinski definition) is 7. The molecule has 0 bridgehead atoms. The number of amides is 3. The Morgan fingerprint density at radius 1 is 1.13 bits per heavy atom. The molecule has 0 spiro atoms. The zero-order valence-electron chi connectivity index (χ0n) is 22.3. The summed E-state index contributed by atoms with van der Waals surface area (Å²) in [5.74, 6) is -1.94. The van der Waals surface area contributed by atoms with Crippen molar-refractivity contribution in [2.75, 3.05) is 11.9 Å². The Morgan fingerprint density at radius 3 is 2.59 bits per heavy atom. The molecular formula is C28H38N4O6S. The van der Waals surface area contributed by atoms with Gasteiger partial charge in [-0.1, -0.05) is 43.2 Å². The number of aliphatic hydroxyl groups excluding tert-OH is 1. The Balaban J connectivity index is 1.40. The van der Waals surface area contributed by atoms with E-state index in [9.17, 15) is 27.9 Å². The molecule has 1 aromatic carbocycles. The Bertz CT molecular complexity index is 1250. The van der Waals surface area contributed by atoms with Crippen molar-refractivity contribution < 1.29 is 27.9 Å². The summed E-state index contributed by atoms with van der Waals surface area (Å²) in [5.41, 5.74) is -0.616. The molecule has 11 heteroatoms. The van der Waals surface area contributed by atoms with Gasteiger partial charge < -0.3 is 20.6 Å². The van der Waals surface area contributed by atoms with Crippen LogP contribution >= 0.6 is 0 Å². The summed E-state index contributed by atoms with van der Waals surface area (Å²) in [6.07, 6.45) is 8.24. The number of sulfonamides is 1. The van der Waals surface area contributed by atoms with Gasteiger partial charge in [-0.2, -0.15) is 0 Å². The molecule has 3 fully saturated rings. The number of carbonyl (C=O) groups is 3. The van der Waals surface area contributed by atoms with Crippen LogP contribution < -0.4 is 15.4 Å². The quantitative estimate of drug-likeness (QED) is 0.404. The number of allylic oxidation sites excluding steroid dienone is 1. The highest BCUT2D eigenvalue weighted by Crippen LogP contribution is 2.47. The maximum Gasteiger partial charge on any atom is 0.259 e. The van der Waals surface area contributed by atoms with Crippen LogP contribution in [0.4, 0.5) is 5.69 Å². The van der Waals surface area contributed by atoms with E-state index in [1.165, 1.54) is 4.90 Å². The fraction of sp³-hybridized carbons (Fsp3) is 0.607. The molecule has 39 heavy (non-hydrogen) atoms. The first-order valence-corrected chi connectivity index (χ1v) is 15.4. The van der Waals surface area contributed by atoms with Crippen molar-refractivity contribution in [1.29, 1.82) is 0 Å². The number of anilines is 1. The lowest BCUT2D eigenvalue weighted by atomic mass is 10.0. The molecule has 5 atom stereocenters.